The maximum Gasteiger partial charge on any atom is 0.147 e. The predicted octanol–water partition coefficient (Wildman–Crippen LogP) is 2.85. The summed E-state index contributed by atoms with van der Waals surface area (Å²) in [6.07, 6.45) is 6.46. The molecule has 0 spiro atoms. The first-order valence-corrected chi connectivity index (χ1v) is 7.84. The van der Waals surface area contributed by atoms with Crippen LogP contribution in [0.3, 0.4) is 0 Å². The first kappa shape index (κ1) is 15.2. The molecule has 0 unspecified atom stereocenters. The molecule has 0 bridgehead atoms. The topological polar surface area (TPSA) is 41.1 Å². The fourth-order valence-corrected chi connectivity index (χ4v) is 2.28. The summed E-state index contributed by atoms with van der Waals surface area (Å²) < 4.78 is 0. The van der Waals surface area contributed by atoms with Gasteiger partial charge >= 0.3 is 0 Å². The summed E-state index contributed by atoms with van der Waals surface area (Å²) in [5, 5.41) is 3.47. The van der Waals surface area contributed by atoms with Crippen LogP contribution >= 0.6 is 0 Å². The van der Waals surface area contributed by atoms with E-state index in [-0.39, 0.29) is 0 Å². The molecule has 0 aliphatic heterocycles. The van der Waals surface area contributed by atoms with Crippen LogP contribution in [0.15, 0.2) is 12.4 Å². The Morgan fingerprint density at radius 1 is 1.10 bits per heavy atom. The highest BCUT2D eigenvalue weighted by Crippen LogP contribution is 2.19. The van der Waals surface area contributed by atoms with Crippen molar-refractivity contribution in [2.75, 3.05) is 18.0 Å². The van der Waals surface area contributed by atoms with E-state index in [0.717, 1.165) is 37.2 Å². The lowest BCUT2D eigenvalue weighted by Crippen LogP contribution is -2.32. The second kappa shape index (κ2) is 7.02. The molecular formula is C16H28N4. The number of hydrogen-bond donors (Lipinski definition) is 1. The fourth-order valence-electron chi connectivity index (χ4n) is 2.28. The summed E-state index contributed by atoms with van der Waals surface area (Å²) in [5.41, 5.74) is 1.04. The van der Waals surface area contributed by atoms with Crippen molar-refractivity contribution >= 4 is 5.82 Å². The van der Waals surface area contributed by atoms with Crippen molar-refractivity contribution in [1.29, 1.82) is 0 Å². The molecule has 1 N–H and O–H groups in total. The fraction of sp³-hybridized carbons (Fsp3) is 0.750. The average Bonchev–Trinajstić information content (AvgIpc) is 3.19. The summed E-state index contributed by atoms with van der Waals surface area (Å²) in [4.78, 5) is 11.5. The molecule has 112 valence electrons. The maximum atomic E-state index is 4.61. The Hall–Kier alpha value is -1.16. The first-order chi connectivity index (χ1) is 9.54. The third-order valence-electron chi connectivity index (χ3n) is 3.34. The zero-order valence-electron chi connectivity index (χ0n) is 13.3. The van der Waals surface area contributed by atoms with E-state index in [1.165, 1.54) is 12.8 Å². The summed E-state index contributed by atoms with van der Waals surface area (Å²) in [6.45, 7) is 11.9. The van der Waals surface area contributed by atoms with Gasteiger partial charge in [0.25, 0.3) is 0 Å². The second-order valence-corrected chi connectivity index (χ2v) is 6.71. The van der Waals surface area contributed by atoms with Gasteiger partial charge in [-0.05, 0) is 24.7 Å². The van der Waals surface area contributed by atoms with E-state index in [2.05, 4.69) is 47.9 Å². The number of anilines is 1. The normalized spacial score (nSPS) is 15.1. The average molecular weight is 276 g/mol. The Balaban J connectivity index is 1.96. The minimum absolute atomic E-state index is 0.631. The molecule has 4 nitrogen and oxygen atoms in total. The standard InChI is InChI=1S/C16H28N4/c1-12(2)10-20(11-13(3)4)16-9-18-15(8-19-16)7-17-14-5-6-14/h8-9,12-14,17H,5-7,10-11H2,1-4H3. The molecule has 2 rings (SSSR count). The van der Waals surface area contributed by atoms with E-state index in [4.69, 9.17) is 0 Å². The molecule has 20 heavy (non-hydrogen) atoms. The van der Waals surface area contributed by atoms with Crippen molar-refractivity contribution in [2.24, 2.45) is 11.8 Å². The van der Waals surface area contributed by atoms with Crippen LogP contribution in [0.2, 0.25) is 0 Å². The smallest absolute Gasteiger partial charge is 0.147 e. The van der Waals surface area contributed by atoms with Crippen LogP contribution in [0.1, 0.15) is 46.2 Å². The first-order valence-electron chi connectivity index (χ1n) is 7.84. The van der Waals surface area contributed by atoms with Gasteiger partial charge in [0, 0.05) is 25.7 Å². The Morgan fingerprint density at radius 2 is 1.75 bits per heavy atom. The number of nitrogens with zero attached hydrogens (tertiary/aromatic N) is 3. The van der Waals surface area contributed by atoms with Crippen LogP contribution in [-0.4, -0.2) is 29.1 Å². The molecule has 1 heterocycles. The monoisotopic (exact) mass is 276 g/mol. The molecular weight excluding hydrogens is 248 g/mol. The molecule has 1 aromatic heterocycles. The zero-order valence-corrected chi connectivity index (χ0v) is 13.3. The van der Waals surface area contributed by atoms with Gasteiger partial charge in [-0.1, -0.05) is 27.7 Å². The van der Waals surface area contributed by atoms with Gasteiger partial charge in [0.1, 0.15) is 5.82 Å². The Bertz CT molecular complexity index is 385. The van der Waals surface area contributed by atoms with Crippen LogP contribution in [0.5, 0.6) is 0 Å². The minimum Gasteiger partial charge on any atom is -0.355 e. The van der Waals surface area contributed by atoms with Gasteiger partial charge in [-0.15, -0.1) is 0 Å². The number of aromatic nitrogens is 2. The molecule has 1 saturated carbocycles. The zero-order chi connectivity index (χ0) is 14.5. The molecule has 1 fully saturated rings. The van der Waals surface area contributed by atoms with Crippen LogP contribution in [0.4, 0.5) is 5.82 Å². The minimum atomic E-state index is 0.631. The van der Waals surface area contributed by atoms with E-state index in [0.29, 0.717) is 11.8 Å². The van der Waals surface area contributed by atoms with Crippen molar-refractivity contribution in [3.63, 3.8) is 0 Å². The highest BCUT2D eigenvalue weighted by atomic mass is 15.2. The van der Waals surface area contributed by atoms with Crippen LogP contribution in [-0.2, 0) is 6.54 Å². The summed E-state index contributed by atoms with van der Waals surface area (Å²) in [5.74, 6) is 2.26. The van der Waals surface area contributed by atoms with Gasteiger partial charge in [0.15, 0.2) is 0 Å². The van der Waals surface area contributed by atoms with Gasteiger partial charge in [-0.3, -0.25) is 4.98 Å². The highest BCUT2D eigenvalue weighted by Gasteiger charge is 2.20. The molecule has 4 heteroatoms. The SMILES string of the molecule is CC(C)CN(CC(C)C)c1cnc(CNC2CC2)cn1. The lowest BCUT2D eigenvalue weighted by atomic mass is 10.1. The van der Waals surface area contributed by atoms with E-state index in [1.807, 2.05) is 12.4 Å². The van der Waals surface area contributed by atoms with E-state index in [1.54, 1.807) is 0 Å². The van der Waals surface area contributed by atoms with Gasteiger partial charge < -0.3 is 10.2 Å². The van der Waals surface area contributed by atoms with E-state index < -0.39 is 0 Å². The summed E-state index contributed by atoms with van der Waals surface area (Å²) in [6, 6.07) is 0.717. The van der Waals surface area contributed by atoms with E-state index in [9.17, 15) is 0 Å². The van der Waals surface area contributed by atoms with Crippen LogP contribution in [0.25, 0.3) is 0 Å². The highest BCUT2D eigenvalue weighted by molar-refractivity contribution is 5.35. The van der Waals surface area contributed by atoms with Gasteiger partial charge in [-0.2, -0.15) is 0 Å². The molecule has 0 radical (unpaired) electrons. The molecule has 1 aliphatic carbocycles. The second-order valence-electron chi connectivity index (χ2n) is 6.71. The van der Waals surface area contributed by atoms with Crippen molar-refractivity contribution in [3.05, 3.63) is 18.1 Å². The van der Waals surface area contributed by atoms with Crippen LogP contribution < -0.4 is 10.2 Å². The van der Waals surface area contributed by atoms with Gasteiger partial charge in [0.05, 0.1) is 18.1 Å². The number of hydrogen-bond acceptors (Lipinski definition) is 4. The summed E-state index contributed by atoms with van der Waals surface area (Å²) in [7, 11) is 0. The number of rotatable bonds is 8. The van der Waals surface area contributed by atoms with Gasteiger partial charge in [-0.25, -0.2) is 4.98 Å². The Morgan fingerprint density at radius 3 is 2.20 bits per heavy atom. The van der Waals surface area contributed by atoms with E-state index >= 15 is 0 Å². The molecule has 0 amide bonds. The Labute approximate surface area is 123 Å². The van der Waals surface area contributed by atoms with Gasteiger partial charge in [0.2, 0.25) is 0 Å². The van der Waals surface area contributed by atoms with Crippen molar-refractivity contribution < 1.29 is 0 Å². The molecule has 1 aromatic rings. The van der Waals surface area contributed by atoms with Crippen molar-refractivity contribution in [3.8, 4) is 0 Å². The lowest BCUT2D eigenvalue weighted by Gasteiger charge is -2.27. The third kappa shape index (κ3) is 5.08. The molecule has 0 atom stereocenters. The predicted molar refractivity (Wildman–Crippen MR) is 83.8 cm³/mol. The van der Waals surface area contributed by atoms with Crippen LogP contribution in [0, 0.1) is 11.8 Å². The lowest BCUT2D eigenvalue weighted by molar-refractivity contribution is 0.547. The van der Waals surface area contributed by atoms with Crippen molar-refractivity contribution in [1.82, 2.24) is 15.3 Å². The molecule has 0 saturated heterocycles. The van der Waals surface area contributed by atoms with Crippen molar-refractivity contribution in [2.45, 2.75) is 53.1 Å². The summed E-state index contributed by atoms with van der Waals surface area (Å²) >= 11 is 0. The molecule has 0 aromatic carbocycles. The quantitative estimate of drug-likeness (QED) is 0.792. The Kier molecular flexibility index (Phi) is 5.35. The maximum absolute atomic E-state index is 4.61. The number of nitrogens with one attached hydrogen (secondary N) is 1. The molecule has 1 aliphatic rings. The largest absolute Gasteiger partial charge is 0.355 e. The third-order valence-corrected chi connectivity index (χ3v) is 3.34.